The zero-order valence-electron chi connectivity index (χ0n) is 4.97. The van der Waals surface area contributed by atoms with Gasteiger partial charge in [-0.25, -0.2) is 9.68 Å². The van der Waals surface area contributed by atoms with Crippen LogP contribution in [0.25, 0.3) is 0 Å². The predicted octanol–water partition coefficient (Wildman–Crippen LogP) is -1.72. The van der Waals surface area contributed by atoms with Gasteiger partial charge in [-0.15, -0.1) is 0 Å². The van der Waals surface area contributed by atoms with Gasteiger partial charge in [-0.2, -0.15) is 0 Å². The molecule has 6 heteroatoms. The number of hydrogen-bond donors (Lipinski definition) is 4. The fraction of sp³-hybridized carbons (Fsp3) is 0.750. The van der Waals surface area contributed by atoms with Crippen LogP contribution in [0.3, 0.4) is 0 Å². The molecule has 0 spiro atoms. The van der Waals surface area contributed by atoms with Crippen LogP contribution < -0.4 is 0 Å². The minimum atomic E-state index is -1.92. The van der Waals surface area contributed by atoms with E-state index in [1.54, 1.807) is 0 Å². The Labute approximate surface area is 56.2 Å². The molecule has 0 fully saturated rings. The topological polar surface area (TPSA) is 107 Å². The molecule has 0 aromatic carbocycles. The molecule has 4 N–H and O–H groups in total. The Morgan fingerprint density at radius 1 is 1.50 bits per heavy atom. The Hall–Kier alpha value is -0.690. The molecule has 2 atom stereocenters. The second-order valence-electron chi connectivity index (χ2n) is 1.65. The zero-order chi connectivity index (χ0) is 8.15. The van der Waals surface area contributed by atoms with Crippen LogP contribution in [-0.2, 0) is 9.68 Å². The molecule has 0 saturated carbocycles. The van der Waals surface area contributed by atoms with Crippen molar-refractivity contribution in [3.8, 4) is 0 Å². The maximum Gasteiger partial charge on any atom is 0.335 e. The SMILES string of the molecule is O=C(O)[C@@H](O)[C@H](O)COO. The van der Waals surface area contributed by atoms with E-state index in [4.69, 9.17) is 20.6 Å². The summed E-state index contributed by atoms with van der Waals surface area (Å²) in [6.45, 7) is -0.631. The molecule has 0 aromatic heterocycles. The summed E-state index contributed by atoms with van der Waals surface area (Å²) < 4.78 is 0. The standard InChI is InChI=1S/C4H8O6/c5-2(1-10-9)3(6)4(7)8/h2-3,5-6,9H,1H2,(H,7,8)/t2-,3+/m1/s1. The summed E-state index contributed by atoms with van der Waals surface area (Å²) in [6, 6.07) is 0. The Morgan fingerprint density at radius 3 is 2.30 bits per heavy atom. The summed E-state index contributed by atoms with van der Waals surface area (Å²) in [4.78, 5) is 13.3. The summed E-state index contributed by atoms with van der Waals surface area (Å²) in [5.74, 6) is -1.57. The van der Waals surface area contributed by atoms with Crippen molar-refractivity contribution in [2.45, 2.75) is 12.2 Å². The van der Waals surface area contributed by atoms with Gasteiger partial charge in [-0.3, -0.25) is 5.26 Å². The Bertz CT molecular complexity index is 112. The largest absolute Gasteiger partial charge is 0.479 e. The van der Waals surface area contributed by atoms with Crippen molar-refractivity contribution in [2.24, 2.45) is 0 Å². The second-order valence-corrected chi connectivity index (χ2v) is 1.65. The smallest absolute Gasteiger partial charge is 0.335 e. The van der Waals surface area contributed by atoms with Gasteiger partial charge in [-0.1, -0.05) is 0 Å². The first kappa shape index (κ1) is 9.31. The first-order valence-electron chi connectivity index (χ1n) is 2.45. The van der Waals surface area contributed by atoms with Crippen LogP contribution in [0.15, 0.2) is 0 Å². The third-order valence-electron chi connectivity index (χ3n) is 0.863. The fourth-order valence-electron chi connectivity index (χ4n) is 0.332. The highest BCUT2D eigenvalue weighted by Gasteiger charge is 2.23. The summed E-state index contributed by atoms with van der Waals surface area (Å²) in [5, 5.41) is 32.8. The van der Waals surface area contributed by atoms with E-state index >= 15 is 0 Å². The fourth-order valence-corrected chi connectivity index (χ4v) is 0.332. The number of aliphatic carboxylic acids is 1. The van der Waals surface area contributed by atoms with Crippen LogP contribution in [0.1, 0.15) is 0 Å². The maximum absolute atomic E-state index is 9.87. The Balaban J connectivity index is 3.69. The molecule has 0 bridgehead atoms. The highest BCUT2D eigenvalue weighted by molar-refractivity contribution is 5.72. The molecule has 0 aliphatic heterocycles. The van der Waals surface area contributed by atoms with Crippen LogP contribution in [0.4, 0.5) is 0 Å². The molecule has 60 valence electrons. The van der Waals surface area contributed by atoms with Gasteiger partial charge in [0.25, 0.3) is 0 Å². The van der Waals surface area contributed by atoms with Gasteiger partial charge in [0.1, 0.15) is 12.7 Å². The van der Waals surface area contributed by atoms with Gasteiger partial charge in [0.15, 0.2) is 6.10 Å². The lowest BCUT2D eigenvalue weighted by molar-refractivity contribution is -0.262. The molecule has 0 heterocycles. The number of aliphatic hydroxyl groups excluding tert-OH is 2. The summed E-state index contributed by atoms with van der Waals surface area (Å²) in [7, 11) is 0. The van der Waals surface area contributed by atoms with Crippen molar-refractivity contribution in [3.05, 3.63) is 0 Å². The van der Waals surface area contributed by atoms with Crippen molar-refractivity contribution in [2.75, 3.05) is 6.61 Å². The van der Waals surface area contributed by atoms with Crippen molar-refractivity contribution < 1.29 is 30.3 Å². The lowest BCUT2D eigenvalue weighted by Gasteiger charge is -2.10. The quantitative estimate of drug-likeness (QED) is 0.282. The van der Waals surface area contributed by atoms with Gasteiger partial charge < -0.3 is 15.3 Å². The van der Waals surface area contributed by atoms with Crippen LogP contribution in [0, 0.1) is 0 Å². The number of hydrogen-bond acceptors (Lipinski definition) is 5. The van der Waals surface area contributed by atoms with Gasteiger partial charge in [0.05, 0.1) is 0 Å². The third kappa shape index (κ3) is 2.74. The van der Waals surface area contributed by atoms with Crippen LogP contribution >= 0.6 is 0 Å². The van der Waals surface area contributed by atoms with E-state index < -0.39 is 24.8 Å². The number of rotatable bonds is 4. The zero-order valence-corrected chi connectivity index (χ0v) is 4.97. The second kappa shape index (κ2) is 4.18. The predicted molar refractivity (Wildman–Crippen MR) is 28.2 cm³/mol. The van der Waals surface area contributed by atoms with E-state index in [0.717, 1.165) is 0 Å². The van der Waals surface area contributed by atoms with Crippen LogP contribution in [-0.4, -0.2) is 45.4 Å². The molecule has 0 amide bonds. The maximum atomic E-state index is 9.87. The Kier molecular flexibility index (Phi) is 3.89. The number of aliphatic hydroxyl groups is 2. The minimum Gasteiger partial charge on any atom is -0.479 e. The van der Waals surface area contributed by atoms with Crippen molar-refractivity contribution in [3.63, 3.8) is 0 Å². The average Bonchev–Trinajstić information content (AvgIpc) is 1.87. The van der Waals surface area contributed by atoms with E-state index in [9.17, 15) is 4.79 Å². The molecule has 6 nitrogen and oxygen atoms in total. The van der Waals surface area contributed by atoms with E-state index in [0.29, 0.717) is 0 Å². The summed E-state index contributed by atoms with van der Waals surface area (Å²) in [6.07, 6.45) is -3.53. The molecule has 0 aliphatic carbocycles. The van der Waals surface area contributed by atoms with Crippen molar-refractivity contribution in [1.82, 2.24) is 0 Å². The molecule has 0 unspecified atom stereocenters. The highest BCUT2D eigenvalue weighted by atomic mass is 17.1. The number of carboxylic acids is 1. The molecule has 10 heavy (non-hydrogen) atoms. The van der Waals surface area contributed by atoms with Gasteiger partial charge in [-0.05, 0) is 0 Å². The number of carbonyl (C=O) groups is 1. The van der Waals surface area contributed by atoms with E-state index in [1.807, 2.05) is 0 Å². The molecule has 0 radical (unpaired) electrons. The van der Waals surface area contributed by atoms with Crippen LogP contribution in [0.5, 0.6) is 0 Å². The van der Waals surface area contributed by atoms with Crippen LogP contribution in [0.2, 0.25) is 0 Å². The Morgan fingerprint density at radius 2 is 2.00 bits per heavy atom. The molecule has 0 aromatic rings. The normalized spacial score (nSPS) is 16.3. The lowest BCUT2D eigenvalue weighted by atomic mass is 10.2. The monoisotopic (exact) mass is 152 g/mol. The molecule has 0 aliphatic rings. The van der Waals surface area contributed by atoms with Gasteiger partial charge in [0, 0.05) is 0 Å². The van der Waals surface area contributed by atoms with E-state index in [-0.39, 0.29) is 0 Å². The molecule has 0 saturated heterocycles. The van der Waals surface area contributed by atoms with E-state index in [2.05, 4.69) is 4.89 Å². The summed E-state index contributed by atoms with van der Waals surface area (Å²) >= 11 is 0. The number of carboxylic acid groups (broad SMARTS) is 1. The molecular weight excluding hydrogens is 144 g/mol. The third-order valence-corrected chi connectivity index (χ3v) is 0.863. The summed E-state index contributed by atoms with van der Waals surface area (Å²) in [5.41, 5.74) is 0. The lowest BCUT2D eigenvalue weighted by Crippen LogP contribution is -2.36. The molecule has 0 rings (SSSR count). The first-order chi connectivity index (χ1) is 4.59. The minimum absolute atomic E-state index is 0.631. The van der Waals surface area contributed by atoms with Gasteiger partial charge >= 0.3 is 5.97 Å². The highest BCUT2D eigenvalue weighted by Crippen LogP contribution is 1.92. The van der Waals surface area contributed by atoms with Crippen molar-refractivity contribution >= 4 is 5.97 Å². The molecular formula is C4H8O6. The van der Waals surface area contributed by atoms with Gasteiger partial charge in [0.2, 0.25) is 0 Å². The average molecular weight is 152 g/mol. The first-order valence-corrected chi connectivity index (χ1v) is 2.45. The van der Waals surface area contributed by atoms with E-state index in [1.165, 1.54) is 0 Å². The van der Waals surface area contributed by atoms with Crippen molar-refractivity contribution in [1.29, 1.82) is 0 Å².